The van der Waals surface area contributed by atoms with E-state index >= 15 is 0 Å². The van der Waals surface area contributed by atoms with E-state index in [4.69, 9.17) is 0 Å². The van der Waals surface area contributed by atoms with Gasteiger partial charge in [-0.1, -0.05) is 19.9 Å². The van der Waals surface area contributed by atoms with Gasteiger partial charge < -0.3 is 0 Å². The van der Waals surface area contributed by atoms with Crippen molar-refractivity contribution in [2.24, 2.45) is 16.1 Å². The molecule has 2 heteroatoms. The maximum atomic E-state index is 3.68. The average Bonchev–Trinajstić information content (AvgIpc) is 1.89. The number of allylic oxidation sites excluding steroid dienone is 2. The zero-order valence-electron chi connectivity index (χ0n) is 6.83. The summed E-state index contributed by atoms with van der Waals surface area (Å²) in [5, 5.41) is 7.07. The van der Waals surface area contributed by atoms with Crippen LogP contribution >= 0.6 is 0 Å². The lowest BCUT2D eigenvalue weighted by Crippen LogP contribution is -1.93. The van der Waals surface area contributed by atoms with Gasteiger partial charge in [0.15, 0.2) is 0 Å². The lowest BCUT2D eigenvalue weighted by atomic mass is 10.1. The maximum absolute atomic E-state index is 3.68. The Hall–Kier alpha value is -0.920. The molecule has 0 aromatic carbocycles. The Balaban J connectivity index is 4.10. The third-order valence-corrected chi connectivity index (χ3v) is 1.29. The highest BCUT2D eigenvalue weighted by molar-refractivity contribution is 5.78. The van der Waals surface area contributed by atoms with E-state index in [0.29, 0.717) is 5.92 Å². The number of rotatable bonds is 3. The van der Waals surface area contributed by atoms with Crippen molar-refractivity contribution >= 4 is 12.9 Å². The molecule has 0 aliphatic heterocycles. The zero-order valence-corrected chi connectivity index (χ0v) is 6.83. The highest BCUT2D eigenvalue weighted by Crippen LogP contribution is 2.05. The van der Waals surface area contributed by atoms with E-state index in [1.165, 1.54) is 5.57 Å². The summed E-state index contributed by atoms with van der Waals surface area (Å²) in [5.74, 6) is 0.510. The minimum absolute atomic E-state index is 0.510. The molecule has 0 aromatic rings. The van der Waals surface area contributed by atoms with Crippen molar-refractivity contribution in [3.63, 3.8) is 0 Å². The number of hydrogen-bond acceptors (Lipinski definition) is 2. The van der Waals surface area contributed by atoms with Crippen LogP contribution in [0.4, 0.5) is 0 Å². The Labute approximate surface area is 62.4 Å². The van der Waals surface area contributed by atoms with Crippen LogP contribution in [0.2, 0.25) is 0 Å². The predicted molar refractivity (Wildman–Crippen MR) is 46.6 cm³/mol. The van der Waals surface area contributed by atoms with Gasteiger partial charge in [0, 0.05) is 6.72 Å². The van der Waals surface area contributed by atoms with Gasteiger partial charge in [-0.2, -0.15) is 10.2 Å². The van der Waals surface area contributed by atoms with Crippen molar-refractivity contribution in [1.82, 2.24) is 0 Å². The van der Waals surface area contributed by atoms with Crippen LogP contribution in [0.15, 0.2) is 21.9 Å². The Morgan fingerprint density at radius 2 is 2.10 bits per heavy atom. The fourth-order valence-corrected chi connectivity index (χ4v) is 0.664. The quantitative estimate of drug-likeness (QED) is 0.422. The van der Waals surface area contributed by atoms with E-state index in [9.17, 15) is 0 Å². The lowest BCUT2D eigenvalue weighted by Gasteiger charge is -2.01. The second kappa shape index (κ2) is 4.91. The standard InChI is InChI=1S/C8H14N2/c1-5-8(7(2)3)6-10-9-4/h5-7H,4H2,1-3H3/b8-5+,10-6-. The molecule has 0 bridgehead atoms. The SMILES string of the molecule is C=N/N=C\C(=C/C)C(C)C. The molecule has 2 nitrogen and oxygen atoms in total. The Bertz CT molecular complexity index is 155. The summed E-state index contributed by atoms with van der Waals surface area (Å²) < 4.78 is 0. The molecule has 0 N–H and O–H groups in total. The van der Waals surface area contributed by atoms with E-state index in [1.807, 2.05) is 13.0 Å². The summed E-state index contributed by atoms with van der Waals surface area (Å²) in [4.78, 5) is 0. The number of hydrogen-bond donors (Lipinski definition) is 0. The molecule has 0 heterocycles. The molecular formula is C8H14N2. The summed E-state index contributed by atoms with van der Waals surface area (Å²) in [7, 11) is 0. The van der Waals surface area contributed by atoms with Gasteiger partial charge in [-0.3, -0.25) is 0 Å². The first-order valence-electron chi connectivity index (χ1n) is 3.37. The van der Waals surface area contributed by atoms with Crippen LogP contribution in [0.5, 0.6) is 0 Å². The van der Waals surface area contributed by atoms with E-state index in [1.54, 1.807) is 6.21 Å². The molecule has 0 atom stereocenters. The second-order valence-electron chi connectivity index (χ2n) is 2.33. The van der Waals surface area contributed by atoms with Crippen LogP contribution in [0.25, 0.3) is 0 Å². The largest absolute Gasteiger partial charge is 0.167 e. The van der Waals surface area contributed by atoms with Crippen LogP contribution in [0, 0.1) is 5.92 Å². The monoisotopic (exact) mass is 138 g/mol. The van der Waals surface area contributed by atoms with E-state index < -0.39 is 0 Å². The van der Waals surface area contributed by atoms with Gasteiger partial charge in [-0.15, -0.1) is 0 Å². The summed E-state index contributed by atoms with van der Waals surface area (Å²) in [6.45, 7) is 9.47. The van der Waals surface area contributed by atoms with Crippen molar-refractivity contribution < 1.29 is 0 Å². The van der Waals surface area contributed by atoms with Crippen LogP contribution < -0.4 is 0 Å². The molecule has 0 fully saturated rings. The van der Waals surface area contributed by atoms with Crippen LogP contribution in [0.3, 0.4) is 0 Å². The zero-order chi connectivity index (χ0) is 7.98. The maximum Gasteiger partial charge on any atom is 0.0526 e. The Morgan fingerprint density at radius 3 is 2.40 bits per heavy atom. The molecule has 10 heavy (non-hydrogen) atoms. The number of nitrogens with zero attached hydrogens (tertiary/aromatic N) is 2. The average molecular weight is 138 g/mol. The summed E-state index contributed by atoms with van der Waals surface area (Å²) in [5.41, 5.74) is 1.19. The Morgan fingerprint density at radius 1 is 1.50 bits per heavy atom. The summed E-state index contributed by atoms with van der Waals surface area (Å²) in [6, 6.07) is 0. The van der Waals surface area contributed by atoms with Gasteiger partial charge in [-0.05, 0) is 18.4 Å². The normalized spacial score (nSPS) is 13.0. The molecular weight excluding hydrogens is 124 g/mol. The highest BCUT2D eigenvalue weighted by Gasteiger charge is 1.96. The summed E-state index contributed by atoms with van der Waals surface area (Å²) in [6.07, 6.45) is 3.76. The molecule has 0 saturated heterocycles. The van der Waals surface area contributed by atoms with Crippen LogP contribution in [-0.4, -0.2) is 12.9 Å². The lowest BCUT2D eigenvalue weighted by molar-refractivity contribution is 0.804. The fraction of sp³-hybridized carbons (Fsp3) is 0.500. The molecule has 0 aromatic heterocycles. The second-order valence-corrected chi connectivity index (χ2v) is 2.33. The third kappa shape index (κ3) is 3.17. The van der Waals surface area contributed by atoms with Crippen molar-refractivity contribution in [3.05, 3.63) is 11.6 Å². The van der Waals surface area contributed by atoms with Gasteiger partial charge in [0.2, 0.25) is 0 Å². The molecule has 56 valence electrons. The summed E-state index contributed by atoms with van der Waals surface area (Å²) >= 11 is 0. The van der Waals surface area contributed by atoms with Crippen molar-refractivity contribution in [2.45, 2.75) is 20.8 Å². The van der Waals surface area contributed by atoms with Gasteiger partial charge in [-0.25, -0.2) is 0 Å². The third-order valence-electron chi connectivity index (χ3n) is 1.29. The molecule has 0 aliphatic rings. The first-order chi connectivity index (χ1) is 4.72. The molecule has 0 unspecified atom stereocenters. The van der Waals surface area contributed by atoms with Crippen LogP contribution in [0.1, 0.15) is 20.8 Å². The Kier molecular flexibility index (Phi) is 4.46. The molecule has 0 radical (unpaired) electrons. The van der Waals surface area contributed by atoms with E-state index in [-0.39, 0.29) is 0 Å². The molecule has 0 spiro atoms. The molecule has 0 amide bonds. The van der Waals surface area contributed by atoms with E-state index in [2.05, 4.69) is 30.8 Å². The first-order valence-corrected chi connectivity index (χ1v) is 3.37. The van der Waals surface area contributed by atoms with Gasteiger partial charge in [0.1, 0.15) is 0 Å². The highest BCUT2D eigenvalue weighted by atomic mass is 15.2. The van der Waals surface area contributed by atoms with Gasteiger partial charge >= 0.3 is 0 Å². The molecule has 0 aliphatic carbocycles. The topological polar surface area (TPSA) is 24.7 Å². The van der Waals surface area contributed by atoms with Crippen molar-refractivity contribution in [2.75, 3.05) is 0 Å². The van der Waals surface area contributed by atoms with Crippen molar-refractivity contribution in [3.8, 4) is 0 Å². The first kappa shape index (κ1) is 9.08. The van der Waals surface area contributed by atoms with Crippen molar-refractivity contribution in [1.29, 1.82) is 0 Å². The fourth-order valence-electron chi connectivity index (χ4n) is 0.664. The van der Waals surface area contributed by atoms with Crippen LogP contribution in [-0.2, 0) is 0 Å². The van der Waals surface area contributed by atoms with Gasteiger partial charge in [0.25, 0.3) is 0 Å². The predicted octanol–water partition coefficient (Wildman–Crippen LogP) is 2.28. The minimum atomic E-state index is 0.510. The molecule has 0 saturated carbocycles. The van der Waals surface area contributed by atoms with Gasteiger partial charge in [0.05, 0.1) is 6.21 Å². The smallest absolute Gasteiger partial charge is 0.0526 e. The van der Waals surface area contributed by atoms with E-state index in [0.717, 1.165) is 0 Å². The molecule has 0 rings (SSSR count). The minimum Gasteiger partial charge on any atom is -0.167 e.